The molecule has 0 bridgehead atoms. The van der Waals surface area contributed by atoms with Gasteiger partial charge in [0, 0.05) is 32.7 Å². The van der Waals surface area contributed by atoms with E-state index in [1.807, 2.05) is 19.9 Å². The molecule has 1 aliphatic heterocycles. The lowest BCUT2D eigenvalue weighted by atomic mass is 10.2. The van der Waals surface area contributed by atoms with Crippen molar-refractivity contribution >= 4 is 24.0 Å². The SMILES string of the molecule is CCNC(=O)c1ccc(N2CCNCC2)c(C)n1.Cl. The molecule has 2 heterocycles. The molecular weight excluding hydrogens is 264 g/mol. The van der Waals surface area contributed by atoms with Gasteiger partial charge < -0.3 is 15.5 Å². The summed E-state index contributed by atoms with van der Waals surface area (Å²) < 4.78 is 0. The van der Waals surface area contributed by atoms with Gasteiger partial charge in [0.05, 0.1) is 11.4 Å². The number of anilines is 1. The van der Waals surface area contributed by atoms with Crippen molar-refractivity contribution in [1.82, 2.24) is 15.6 Å². The maximum Gasteiger partial charge on any atom is 0.269 e. The molecule has 6 heteroatoms. The normalized spacial score (nSPS) is 14.7. The Morgan fingerprint density at radius 3 is 2.68 bits per heavy atom. The number of hydrogen-bond donors (Lipinski definition) is 2. The fourth-order valence-electron chi connectivity index (χ4n) is 2.17. The number of carbonyl (C=O) groups excluding carboxylic acids is 1. The lowest BCUT2D eigenvalue weighted by Gasteiger charge is -2.30. The number of aryl methyl sites for hydroxylation is 1. The van der Waals surface area contributed by atoms with Gasteiger partial charge in [-0.25, -0.2) is 4.98 Å². The Labute approximate surface area is 120 Å². The summed E-state index contributed by atoms with van der Waals surface area (Å²) in [4.78, 5) is 18.4. The molecule has 106 valence electrons. The number of amides is 1. The van der Waals surface area contributed by atoms with Gasteiger partial charge in [-0.1, -0.05) is 0 Å². The average molecular weight is 285 g/mol. The van der Waals surface area contributed by atoms with E-state index in [4.69, 9.17) is 0 Å². The molecule has 0 atom stereocenters. The van der Waals surface area contributed by atoms with Crippen molar-refractivity contribution in [2.75, 3.05) is 37.6 Å². The molecule has 2 N–H and O–H groups in total. The van der Waals surface area contributed by atoms with Gasteiger partial charge in [-0.15, -0.1) is 12.4 Å². The van der Waals surface area contributed by atoms with Crippen LogP contribution < -0.4 is 15.5 Å². The minimum absolute atomic E-state index is 0. The second-order valence-electron chi connectivity index (χ2n) is 4.40. The Balaban J connectivity index is 0.00000180. The van der Waals surface area contributed by atoms with Crippen LogP contribution in [-0.2, 0) is 0 Å². The molecule has 0 unspecified atom stereocenters. The van der Waals surface area contributed by atoms with E-state index in [2.05, 4.69) is 20.5 Å². The van der Waals surface area contributed by atoms with Gasteiger partial charge in [-0.05, 0) is 26.0 Å². The largest absolute Gasteiger partial charge is 0.368 e. The first-order valence-electron chi connectivity index (χ1n) is 6.44. The highest BCUT2D eigenvalue weighted by Crippen LogP contribution is 2.19. The van der Waals surface area contributed by atoms with Crippen LogP contribution in [-0.4, -0.2) is 43.6 Å². The summed E-state index contributed by atoms with van der Waals surface area (Å²) in [6.07, 6.45) is 0. The topological polar surface area (TPSA) is 57.3 Å². The maximum absolute atomic E-state index is 11.7. The van der Waals surface area contributed by atoms with Crippen molar-refractivity contribution in [3.8, 4) is 0 Å². The minimum atomic E-state index is -0.104. The maximum atomic E-state index is 11.7. The van der Waals surface area contributed by atoms with Crippen LogP contribution in [0.15, 0.2) is 12.1 Å². The van der Waals surface area contributed by atoms with Gasteiger partial charge >= 0.3 is 0 Å². The van der Waals surface area contributed by atoms with Crippen LogP contribution >= 0.6 is 12.4 Å². The number of halogens is 1. The third-order valence-electron chi connectivity index (χ3n) is 3.09. The number of pyridine rings is 1. The fraction of sp³-hybridized carbons (Fsp3) is 0.538. The molecule has 1 aromatic rings. The Morgan fingerprint density at radius 1 is 1.42 bits per heavy atom. The van der Waals surface area contributed by atoms with Gasteiger partial charge in [0.1, 0.15) is 5.69 Å². The van der Waals surface area contributed by atoms with E-state index in [1.165, 1.54) is 0 Å². The standard InChI is InChI=1S/C13H20N4O.ClH/c1-3-15-13(18)11-4-5-12(10(2)16-11)17-8-6-14-7-9-17;/h4-5,14H,3,6-9H2,1-2H3,(H,15,18);1H. The first-order chi connectivity index (χ1) is 8.72. The quantitative estimate of drug-likeness (QED) is 0.868. The molecule has 1 saturated heterocycles. The van der Waals surface area contributed by atoms with E-state index < -0.39 is 0 Å². The molecule has 0 aromatic carbocycles. The molecule has 0 aliphatic carbocycles. The molecule has 2 rings (SSSR count). The average Bonchev–Trinajstić information content (AvgIpc) is 2.40. The number of nitrogens with zero attached hydrogens (tertiary/aromatic N) is 2. The highest BCUT2D eigenvalue weighted by atomic mass is 35.5. The van der Waals surface area contributed by atoms with Gasteiger partial charge in [0.15, 0.2) is 0 Å². The van der Waals surface area contributed by atoms with Crippen LogP contribution in [0, 0.1) is 6.92 Å². The molecule has 1 amide bonds. The van der Waals surface area contributed by atoms with E-state index in [0.717, 1.165) is 37.6 Å². The molecule has 19 heavy (non-hydrogen) atoms. The van der Waals surface area contributed by atoms with Crippen LogP contribution in [0.1, 0.15) is 23.1 Å². The first-order valence-corrected chi connectivity index (χ1v) is 6.44. The highest BCUT2D eigenvalue weighted by Gasteiger charge is 2.15. The van der Waals surface area contributed by atoms with Crippen molar-refractivity contribution < 1.29 is 4.79 Å². The minimum Gasteiger partial charge on any atom is -0.368 e. The number of carbonyl (C=O) groups is 1. The summed E-state index contributed by atoms with van der Waals surface area (Å²) in [6.45, 7) is 8.46. The van der Waals surface area contributed by atoms with Crippen LogP contribution in [0.25, 0.3) is 0 Å². The fourth-order valence-corrected chi connectivity index (χ4v) is 2.17. The highest BCUT2D eigenvalue weighted by molar-refractivity contribution is 5.92. The number of piperazine rings is 1. The van der Waals surface area contributed by atoms with Gasteiger partial charge in [-0.3, -0.25) is 4.79 Å². The number of hydrogen-bond acceptors (Lipinski definition) is 4. The summed E-state index contributed by atoms with van der Waals surface area (Å²) >= 11 is 0. The van der Waals surface area contributed by atoms with E-state index in [-0.39, 0.29) is 18.3 Å². The van der Waals surface area contributed by atoms with Crippen LogP contribution in [0.3, 0.4) is 0 Å². The van der Waals surface area contributed by atoms with Crippen molar-refractivity contribution in [1.29, 1.82) is 0 Å². The molecule has 1 fully saturated rings. The van der Waals surface area contributed by atoms with Crippen molar-refractivity contribution in [3.05, 3.63) is 23.5 Å². The lowest BCUT2D eigenvalue weighted by molar-refractivity contribution is 0.0950. The Kier molecular flexibility index (Phi) is 6.05. The number of aromatic nitrogens is 1. The zero-order valence-corrected chi connectivity index (χ0v) is 12.2. The Bertz CT molecular complexity index is 433. The van der Waals surface area contributed by atoms with Gasteiger partial charge in [-0.2, -0.15) is 0 Å². The van der Waals surface area contributed by atoms with Crippen LogP contribution in [0.4, 0.5) is 5.69 Å². The third-order valence-corrected chi connectivity index (χ3v) is 3.09. The van der Waals surface area contributed by atoms with Crippen molar-refractivity contribution in [3.63, 3.8) is 0 Å². The smallest absolute Gasteiger partial charge is 0.269 e. The Hall–Kier alpha value is -1.33. The third kappa shape index (κ3) is 3.81. The number of nitrogens with one attached hydrogen (secondary N) is 2. The molecule has 0 radical (unpaired) electrons. The van der Waals surface area contributed by atoms with Crippen LogP contribution in [0.2, 0.25) is 0 Å². The van der Waals surface area contributed by atoms with Crippen molar-refractivity contribution in [2.24, 2.45) is 0 Å². The summed E-state index contributed by atoms with van der Waals surface area (Å²) in [5.74, 6) is -0.104. The second kappa shape index (κ2) is 7.31. The van der Waals surface area contributed by atoms with Crippen molar-refractivity contribution in [2.45, 2.75) is 13.8 Å². The summed E-state index contributed by atoms with van der Waals surface area (Å²) in [5, 5.41) is 6.09. The zero-order valence-electron chi connectivity index (χ0n) is 11.4. The van der Waals surface area contributed by atoms with Gasteiger partial charge in [0.2, 0.25) is 0 Å². The molecular formula is C13H21ClN4O. The lowest BCUT2D eigenvalue weighted by Crippen LogP contribution is -2.43. The van der Waals surface area contributed by atoms with Crippen LogP contribution in [0.5, 0.6) is 0 Å². The summed E-state index contributed by atoms with van der Waals surface area (Å²) in [5.41, 5.74) is 2.54. The molecule has 1 aliphatic rings. The van der Waals surface area contributed by atoms with Gasteiger partial charge in [0.25, 0.3) is 5.91 Å². The number of rotatable bonds is 3. The van der Waals surface area contributed by atoms with E-state index >= 15 is 0 Å². The summed E-state index contributed by atoms with van der Waals surface area (Å²) in [6, 6.07) is 3.80. The Morgan fingerprint density at radius 2 is 2.11 bits per heavy atom. The predicted molar refractivity (Wildman–Crippen MR) is 79.3 cm³/mol. The molecule has 1 aromatic heterocycles. The second-order valence-corrected chi connectivity index (χ2v) is 4.40. The molecule has 0 spiro atoms. The summed E-state index contributed by atoms with van der Waals surface area (Å²) in [7, 11) is 0. The zero-order chi connectivity index (χ0) is 13.0. The predicted octanol–water partition coefficient (Wildman–Crippen LogP) is 0.971. The van der Waals surface area contributed by atoms with E-state index in [0.29, 0.717) is 12.2 Å². The van der Waals surface area contributed by atoms with E-state index in [1.54, 1.807) is 6.07 Å². The monoisotopic (exact) mass is 284 g/mol. The molecule has 5 nitrogen and oxygen atoms in total. The first kappa shape index (κ1) is 15.7. The van der Waals surface area contributed by atoms with E-state index in [9.17, 15) is 4.79 Å². The molecule has 0 saturated carbocycles.